The van der Waals surface area contributed by atoms with Crippen LogP contribution < -0.4 is 5.76 Å². The van der Waals surface area contributed by atoms with Crippen LogP contribution in [0.25, 0.3) is 28.3 Å². The summed E-state index contributed by atoms with van der Waals surface area (Å²) in [4.78, 5) is 12.7. The lowest BCUT2D eigenvalue weighted by molar-refractivity contribution is 0.516. The minimum atomic E-state index is -0.431. The van der Waals surface area contributed by atoms with E-state index in [1.54, 1.807) is 28.8 Å². The van der Waals surface area contributed by atoms with Gasteiger partial charge in [0.25, 0.3) is 0 Å². The number of aromatic nitrogens is 1. The van der Waals surface area contributed by atoms with Gasteiger partial charge in [-0.2, -0.15) is 0 Å². The van der Waals surface area contributed by atoms with Gasteiger partial charge in [0, 0.05) is 16.1 Å². The quantitative estimate of drug-likeness (QED) is 0.496. The summed E-state index contributed by atoms with van der Waals surface area (Å²) in [5, 5.41) is 0.616. The van der Waals surface area contributed by atoms with E-state index in [4.69, 9.17) is 16.0 Å². The first kappa shape index (κ1) is 15.5. The number of hydrogen-bond donors (Lipinski definition) is 0. The summed E-state index contributed by atoms with van der Waals surface area (Å²) < 4.78 is 7.22. The third-order valence-corrected chi connectivity index (χ3v) is 4.23. The van der Waals surface area contributed by atoms with Crippen molar-refractivity contribution in [1.29, 1.82) is 0 Å². The van der Waals surface area contributed by atoms with E-state index in [1.807, 2.05) is 60.7 Å². The van der Waals surface area contributed by atoms with Crippen LogP contribution in [0, 0.1) is 0 Å². The van der Waals surface area contributed by atoms with Crippen LogP contribution in [0.5, 0.6) is 0 Å². The molecule has 1 heterocycles. The Balaban J connectivity index is 2.03. The second kappa shape index (κ2) is 6.46. The van der Waals surface area contributed by atoms with Gasteiger partial charge in [0.1, 0.15) is 5.69 Å². The van der Waals surface area contributed by atoms with Crippen molar-refractivity contribution in [3.8, 4) is 28.3 Å². The molecule has 0 amide bonds. The lowest BCUT2D eigenvalue weighted by Crippen LogP contribution is -2.12. The Morgan fingerprint density at radius 3 is 1.88 bits per heavy atom. The van der Waals surface area contributed by atoms with E-state index in [0.29, 0.717) is 16.5 Å². The van der Waals surface area contributed by atoms with Crippen molar-refractivity contribution < 1.29 is 4.42 Å². The van der Waals surface area contributed by atoms with Gasteiger partial charge in [0.15, 0.2) is 5.76 Å². The fourth-order valence-electron chi connectivity index (χ4n) is 2.84. The Labute approximate surface area is 149 Å². The van der Waals surface area contributed by atoms with E-state index < -0.39 is 5.76 Å². The first-order chi connectivity index (χ1) is 12.2. The van der Waals surface area contributed by atoms with Crippen molar-refractivity contribution in [1.82, 2.24) is 4.57 Å². The summed E-state index contributed by atoms with van der Waals surface area (Å²) in [6.45, 7) is 0. The molecule has 1 aromatic heterocycles. The van der Waals surface area contributed by atoms with Crippen LogP contribution in [0.3, 0.4) is 0 Å². The second-order valence-electron chi connectivity index (χ2n) is 5.59. The smallest absolute Gasteiger partial charge is 0.407 e. The van der Waals surface area contributed by atoms with Gasteiger partial charge in [-0.15, -0.1) is 0 Å². The molecule has 0 unspecified atom stereocenters. The summed E-state index contributed by atoms with van der Waals surface area (Å²) in [6, 6.07) is 26.5. The number of halogens is 1. The highest BCUT2D eigenvalue weighted by atomic mass is 35.5. The highest BCUT2D eigenvalue weighted by molar-refractivity contribution is 6.30. The number of nitrogens with zero attached hydrogens (tertiary/aromatic N) is 1. The van der Waals surface area contributed by atoms with Gasteiger partial charge in [0.2, 0.25) is 0 Å². The van der Waals surface area contributed by atoms with E-state index >= 15 is 0 Å². The van der Waals surface area contributed by atoms with Gasteiger partial charge < -0.3 is 4.42 Å². The van der Waals surface area contributed by atoms with Gasteiger partial charge >= 0.3 is 5.76 Å². The Morgan fingerprint density at radius 2 is 1.28 bits per heavy atom. The molecule has 122 valence electrons. The number of benzene rings is 3. The number of rotatable bonds is 3. The molecule has 0 aliphatic carbocycles. The van der Waals surface area contributed by atoms with E-state index in [-0.39, 0.29) is 0 Å². The lowest BCUT2D eigenvalue weighted by atomic mass is 10.1. The van der Waals surface area contributed by atoms with Crippen LogP contribution in [0.1, 0.15) is 0 Å². The number of oxazole rings is 1. The molecule has 0 spiro atoms. The van der Waals surface area contributed by atoms with Crippen molar-refractivity contribution in [3.63, 3.8) is 0 Å². The molecule has 3 aromatic carbocycles. The average Bonchev–Trinajstić information content (AvgIpc) is 3.01. The van der Waals surface area contributed by atoms with E-state index in [9.17, 15) is 4.79 Å². The summed E-state index contributed by atoms with van der Waals surface area (Å²) >= 11 is 5.99. The molecule has 4 heteroatoms. The molecule has 3 nitrogen and oxygen atoms in total. The Kier molecular flexibility index (Phi) is 4.00. The number of hydrogen-bond acceptors (Lipinski definition) is 2. The van der Waals surface area contributed by atoms with Crippen LogP contribution in [-0.2, 0) is 0 Å². The summed E-state index contributed by atoms with van der Waals surface area (Å²) in [5.74, 6) is 0.117. The summed E-state index contributed by atoms with van der Waals surface area (Å²) in [6.07, 6.45) is 0. The van der Waals surface area contributed by atoms with Crippen LogP contribution in [0.4, 0.5) is 0 Å². The molecule has 0 aliphatic heterocycles. The third-order valence-electron chi connectivity index (χ3n) is 3.98. The molecule has 0 saturated heterocycles. The highest BCUT2D eigenvalue weighted by Crippen LogP contribution is 2.33. The van der Waals surface area contributed by atoms with E-state index in [1.165, 1.54) is 0 Å². The monoisotopic (exact) mass is 347 g/mol. The van der Waals surface area contributed by atoms with Crippen molar-refractivity contribution in [2.24, 2.45) is 0 Å². The van der Waals surface area contributed by atoms with Crippen molar-refractivity contribution in [2.45, 2.75) is 0 Å². The second-order valence-corrected chi connectivity index (χ2v) is 6.03. The van der Waals surface area contributed by atoms with Gasteiger partial charge in [-0.3, -0.25) is 0 Å². The molecule has 0 fully saturated rings. The van der Waals surface area contributed by atoms with Gasteiger partial charge in [-0.25, -0.2) is 9.36 Å². The van der Waals surface area contributed by atoms with Crippen molar-refractivity contribution >= 4 is 11.6 Å². The maximum absolute atomic E-state index is 12.7. The van der Waals surface area contributed by atoms with E-state index in [2.05, 4.69) is 0 Å². The molecule has 0 bridgehead atoms. The Bertz CT molecular complexity index is 1050. The molecule has 0 saturated carbocycles. The summed E-state index contributed by atoms with van der Waals surface area (Å²) in [7, 11) is 0. The zero-order chi connectivity index (χ0) is 17.2. The predicted octanol–water partition coefficient (Wildman–Crippen LogP) is 5.42. The first-order valence-corrected chi connectivity index (χ1v) is 8.24. The first-order valence-electron chi connectivity index (χ1n) is 7.86. The Hall–Kier alpha value is -3.04. The molecule has 25 heavy (non-hydrogen) atoms. The third kappa shape index (κ3) is 2.90. The zero-order valence-corrected chi connectivity index (χ0v) is 14.0. The molecular formula is C21H14ClNO2. The predicted molar refractivity (Wildman–Crippen MR) is 100 cm³/mol. The molecule has 4 rings (SSSR count). The van der Waals surface area contributed by atoms with E-state index in [0.717, 1.165) is 16.8 Å². The van der Waals surface area contributed by atoms with Gasteiger partial charge in [-0.1, -0.05) is 72.3 Å². The fraction of sp³-hybridized carbons (Fsp3) is 0. The average molecular weight is 348 g/mol. The fourth-order valence-corrected chi connectivity index (χ4v) is 2.97. The van der Waals surface area contributed by atoms with Gasteiger partial charge in [-0.05, 0) is 24.3 Å². The minimum absolute atomic E-state index is 0.431. The lowest BCUT2D eigenvalue weighted by Gasteiger charge is -2.08. The van der Waals surface area contributed by atoms with Crippen LogP contribution in [0.2, 0.25) is 5.02 Å². The van der Waals surface area contributed by atoms with Gasteiger partial charge in [0.05, 0.1) is 5.69 Å². The SMILES string of the molecule is O=c1oc(-c2ccccc2)c(-c2ccccc2)n1-c1ccc(Cl)cc1. The molecule has 0 atom stereocenters. The summed E-state index contributed by atoms with van der Waals surface area (Å²) in [5.41, 5.74) is 3.19. The van der Waals surface area contributed by atoms with Crippen LogP contribution >= 0.6 is 11.6 Å². The minimum Gasteiger partial charge on any atom is -0.407 e. The molecule has 4 aromatic rings. The normalized spacial score (nSPS) is 10.8. The highest BCUT2D eigenvalue weighted by Gasteiger charge is 2.20. The van der Waals surface area contributed by atoms with Crippen LogP contribution in [0.15, 0.2) is 94.1 Å². The largest absolute Gasteiger partial charge is 0.424 e. The Morgan fingerprint density at radius 1 is 0.720 bits per heavy atom. The molecular weight excluding hydrogens is 334 g/mol. The standard InChI is InChI=1S/C21H14ClNO2/c22-17-11-13-18(14-12-17)23-19(15-7-3-1-4-8-15)20(25-21(23)24)16-9-5-2-6-10-16/h1-14H. The molecule has 0 aliphatic rings. The zero-order valence-electron chi connectivity index (χ0n) is 13.2. The maximum Gasteiger partial charge on any atom is 0.424 e. The molecule has 0 N–H and O–H groups in total. The van der Waals surface area contributed by atoms with Crippen LogP contribution in [-0.4, -0.2) is 4.57 Å². The van der Waals surface area contributed by atoms with Crippen molar-refractivity contribution in [2.75, 3.05) is 0 Å². The van der Waals surface area contributed by atoms with Crippen molar-refractivity contribution in [3.05, 3.63) is 101 Å². The topological polar surface area (TPSA) is 35.1 Å². The maximum atomic E-state index is 12.7. The molecule has 0 radical (unpaired) electrons.